The lowest BCUT2D eigenvalue weighted by atomic mass is 9.72. The van der Waals surface area contributed by atoms with Gasteiger partial charge in [0.1, 0.15) is 11.5 Å². The minimum atomic E-state index is -0.711. The minimum Gasteiger partial charge on any atom is -0.461 e. The Balaban J connectivity index is 1.23. The van der Waals surface area contributed by atoms with Crippen LogP contribution in [-0.4, -0.2) is 49.7 Å². The van der Waals surface area contributed by atoms with Crippen LogP contribution in [0.1, 0.15) is 29.5 Å². The average molecular weight is 441 g/mol. The predicted octanol–water partition coefficient (Wildman–Crippen LogP) is 4.81. The standard InChI is InChI=1S/C29H32N2O2/c1-23-12-14-26(15-13-23)31-20-18-30(19-21-31)17-16-27-22-29(28(32)33-27,24-8-4-2-5-9-24)25-10-6-3-7-11-25/h2-15,27H,16-22H2,1H3/t27-/m1/s1. The first-order chi connectivity index (χ1) is 16.1. The molecule has 3 aromatic carbocycles. The third-order valence-corrected chi connectivity index (χ3v) is 7.23. The molecule has 2 aliphatic heterocycles. The second-order valence-electron chi connectivity index (χ2n) is 9.32. The summed E-state index contributed by atoms with van der Waals surface area (Å²) < 4.78 is 6.00. The van der Waals surface area contributed by atoms with Crippen molar-refractivity contribution in [3.05, 3.63) is 102 Å². The number of hydrogen-bond donors (Lipinski definition) is 0. The fourth-order valence-electron chi connectivity index (χ4n) is 5.27. The SMILES string of the molecule is Cc1ccc(N2CCN(CC[C@@H]3CC(c4ccccc4)(c4ccccc4)C(=O)O3)CC2)cc1. The van der Waals surface area contributed by atoms with Gasteiger partial charge in [-0.25, -0.2) is 0 Å². The molecular formula is C29H32N2O2. The highest BCUT2D eigenvalue weighted by atomic mass is 16.6. The summed E-state index contributed by atoms with van der Waals surface area (Å²) in [5.74, 6) is -0.117. The highest BCUT2D eigenvalue weighted by Crippen LogP contribution is 2.44. The van der Waals surface area contributed by atoms with Gasteiger partial charge in [-0.3, -0.25) is 9.69 Å². The molecule has 0 saturated carbocycles. The van der Waals surface area contributed by atoms with Gasteiger partial charge in [-0.2, -0.15) is 0 Å². The number of carbonyl (C=O) groups excluding carboxylic acids is 1. The van der Waals surface area contributed by atoms with Crippen molar-refractivity contribution in [1.82, 2.24) is 4.90 Å². The fourth-order valence-corrected chi connectivity index (χ4v) is 5.27. The zero-order valence-electron chi connectivity index (χ0n) is 19.3. The summed E-state index contributed by atoms with van der Waals surface area (Å²) in [5, 5.41) is 0. The number of anilines is 1. The first kappa shape index (κ1) is 21.7. The number of piperazine rings is 1. The normalized spacial score (nSPS) is 20.6. The lowest BCUT2D eigenvalue weighted by Crippen LogP contribution is -2.47. The van der Waals surface area contributed by atoms with Crippen molar-refractivity contribution in [1.29, 1.82) is 0 Å². The van der Waals surface area contributed by atoms with E-state index in [1.807, 2.05) is 36.4 Å². The monoisotopic (exact) mass is 440 g/mol. The van der Waals surface area contributed by atoms with Crippen molar-refractivity contribution in [2.45, 2.75) is 31.3 Å². The first-order valence-electron chi connectivity index (χ1n) is 12.0. The van der Waals surface area contributed by atoms with Crippen LogP contribution >= 0.6 is 0 Å². The highest BCUT2D eigenvalue weighted by molar-refractivity contribution is 5.89. The first-order valence-corrected chi connectivity index (χ1v) is 12.0. The van der Waals surface area contributed by atoms with Gasteiger partial charge in [0.05, 0.1) is 0 Å². The Bertz CT molecular complexity index is 1020. The van der Waals surface area contributed by atoms with Crippen LogP contribution in [0, 0.1) is 6.92 Å². The summed E-state index contributed by atoms with van der Waals surface area (Å²) in [6.45, 7) is 7.23. The van der Waals surface area contributed by atoms with Crippen molar-refractivity contribution in [2.75, 3.05) is 37.6 Å². The minimum absolute atomic E-state index is 0.0620. The number of rotatable bonds is 6. The van der Waals surface area contributed by atoms with Crippen LogP contribution in [0.3, 0.4) is 0 Å². The molecule has 4 nitrogen and oxygen atoms in total. The molecule has 0 aliphatic carbocycles. The van der Waals surface area contributed by atoms with E-state index in [-0.39, 0.29) is 12.1 Å². The molecule has 5 rings (SSSR count). The number of ether oxygens (including phenoxy) is 1. The number of esters is 1. The van der Waals surface area contributed by atoms with E-state index < -0.39 is 5.41 Å². The Morgan fingerprint density at radius 1 is 0.818 bits per heavy atom. The molecule has 4 heteroatoms. The Morgan fingerprint density at radius 2 is 1.39 bits per heavy atom. The Kier molecular flexibility index (Phi) is 6.19. The maximum absolute atomic E-state index is 13.3. The smallest absolute Gasteiger partial charge is 0.321 e. The van der Waals surface area contributed by atoms with Gasteiger partial charge in [0, 0.05) is 44.8 Å². The Labute approximate surface area is 196 Å². The molecule has 3 aromatic rings. The molecule has 170 valence electrons. The summed E-state index contributed by atoms with van der Waals surface area (Å²) in [7, 11) is 0. The van der Waals surface area contributed by atoms with Gasteiger partial charge < -0.3 is 9.64 Å². The van der Waals surface area contributed by atoms with Crippen LogP contribution in [-0.2, 0) is 14.9 Å². The largest absolute Gasteiger partial charge is 0.461 e. The number of benzene rings is 3. The van der Waals surface area contributed by atoms with Gasteiger partial charge in [0.2, 0.25) is 0 Å². The number of cyclic esters (lactones) is 1. The van der Waals surface area contributed by atoms with Crippen LogP contribution in [0.25, 0.3) is 0 Å². The molecule has 0 bridgehead atoms. The van der Waals surface area contributed by atoms with Crippen molar-refractivity contribution in [2.24, 2.45) is 0 Å². The van der Waals surface area contributed by atoms with Crippen LogP contribution in [0.4, 0.5) is 5.69 Å². The highest BCUT2D eigenvalue weighted by Gasteiger charge is 2.51. The van der Waals surface area contributed by atoms with Crippen LogP contribution in [0.5, 0.6) is 0 Å². The van der Waals surface area contributed by atoms with Crippen molar-refractivity contribution in [3.63, 3.8) is 0 Å². The zero-order chi connectivity index (χ0) is 22.7. The van der Waals surface area contributed by atoms with Crippen LogP contribution < -0.4 is 4.90 Å². The summed E-state index contributed by atoms with van der Waals surface area (Å²) in [6, 6.07) is 29.1. The second-order valence-corrected chi connectivity index (χ2v) is 9.32. The molecule has 2 aliphatic rings. The van der Waals surface area contributed by atoms with Crippen molar-refractivity contribution >= 4 is 11.7 Å². The Hall–Kier alpha value is -3.11. The molecule has 1 atom stereocenters. The molecule has 2 heterocycles. The maximum Gasteiger partial charge on any atom is 0.321 e. The third-order valence-electron chi connectivity index (χ3n) is 7.23. The Morgan fingerprint density at radius 3 is 1.97 bits per heavy atom. The van der Waals surface area contributed by atoms with Gasteiger partial charge in [-0.05, 0) is 36.6 Å². The van der Waals surface area contributed by atoms with E-state index in [4.69, 9.17) is 4.74 Å². The number of carbonyl (C=O) groups is 1. The number of nitrogens with zero attached hydrogens (tertiary/aromatic N) is 2. The van der Waals surface area contributed by atoms with Crippen molar-refractivity contribution < 1.29 is 9.53 Å². The van der Waals surface area contributed by atoms with Crippen LogP contribution in [0.2, 0.25) is 0 Å². The van der Waals surface area contributed by atoms with Crippen molar-refractivity contribution in [3.8, 4) is 0 Å². The van der Waals surface area contributed by atoms with E-state index in [0.717, 1.165) is 50.3 Å². The quantitative estimate of drug-likeness (QED) is 0.515. The molecule has 0 spiro atoms. The predicted molar refractivity (Wildman–Crippen MR) is 133 cm³/mol. The lowest BCUT2D eigenvalue weighted by molar-refractivity contribution is -0.144. The number of aryl methyl sites for hydroxylation is 1. The van der Waals surface area contributed by atoms with Crippen LogP contribution in [0.15, 0.2) is 84.9 Å². The van der Waals surface area contributed by atoms with E-state index in [1.165, 1.54) is 11.3 Å². The summed E-state index contributed by atoms with van der Waals surface area (Å²) in [4.78, 5) is 18.3. The average Bonchev–Trinajstić information content (AvgIpc) is 3.22. The van der Waals surface area contributed by atoms with E-state index in [2.05, 4.69) is 65.3 Å². The molecular weight excluding hydrogens is 408 g/mol. The van der Waals surface area contributed by atoms with Gasteiger partial charge >= 0.3 is 5.97 Å². The van der Waals surface area contributed by atoms with Gasteiger partial charge in [-0.15, -0.1) is 0 Å². The van der Waals surface area contributed by atoms with E-state index in [0.29, 0.717) is 6.42 Å². The van der Waals surface area contributed by atoms with E-state index >= 15 is 0 Å². The molecule has 2 saturated heterocycles. The molecule has 0 unspecified atom stereocenters. The van der Waals surface area contributed by atoms with Gasteiger partial charge in [-0.1, -0.05) is 78.4 Å². The molecule has 2 fully saturated rings. The fraction of sp³-hybridized carbons (Fsp3) is 0.345. The summed E-state index contributed by atoms with van der Waals surface area (Å²) in [6.07, 6.45) is 1.51. The summed E-state index contributed by atoms with van der Waals surface area (Å²) >= 11 is 0. The van der Waals surface area contributed by atoms with E-state index in [9.17, 15) is 4.79 Å². The third kappa shape index (κ3) is 4.40. The molecule has 0 aromatic heterocycles. The second kappa shape index (κ2) is 9.40. The molecule has 0 radical (unpaired) electrons. The summed E-state index contributed by atoms with van der Waals surface area (Å²) in [5.41, 5.74) is 3.94. The molecule has 0 N–H and O–H groups in total. The van der Waals surface area contributed by atoms with Gasteiger partial charge in [0.25, 0.3) is 0 Å². The molecule has 33 heavy (non-hydrogen) atoms. The van der Waals surface area contributed by atoms with E-state index in [1.54, 1.807) is 0 Å². The van der Waals surface area contributed by atoms with Gasteiger partial charge in [0.15, 0.2) is 0 Å². The molecule has 0 amide bonds. The maximum atomic E-state index is 13.3. The number of hydrogen-bond acceptors (Lipinski definition) is 4. The lowest BCUT2D eigenvalue weighted by Gasteiger charge is -2.36. The zero-order valence-corrected chi connectivity index (χ0v) is 19.3. The topological polar surface area (TPSA) is 32.8 Å².